The number of benzene rings is 6. The van der Waals surface area contributed by atoms with Gasteiger partial charge in [-0.1, -0.05) is 109 Å². The number of rotatable bonds is 5. The molecule has 0 bridgehead atoms. The predicted molar refractivity (Wildman–Crippen MR) is 207 cm³/mol. The first kappa shape index (κ1) is 28.6. The molecule has 0 atom stereocenters. The molecule has 0 spiro atoms. The van der Waals surface area contributed by atoms with Crippen LogP contribution in [0, 0.1) is 0 Å². The van der Waals surface area contributed by atoms with Gasteiger partial charge in [0.25, 0.3) is 0 Å². The summed E-state index contributed by atoms with van der Waals surface area (Å²) >= 11 is 1.83. The number of nitrogens with zero attached hydrogens (tertiary/aromatic N) is 3. The van der Waals surface area contributed by atoms with Crippen molar-refractivity contribution in [1.29, 1.82) is 0 Å². The smallest absolute Gasteiger partial charge is 0.160 e. The zero-order valence-corrected chi connectivity index (χ0v) is 27.6. The molecule has 0 aliphatic rings. The molecule has 0 aliphatic heterocycles. The van der Waals surface area contributed by atoms with Crippen molar-refractivity contribution in [2.75, 3.05) is 0 Å². The maximum Gasteiger partial charge on any atom is 0.160 e. The largest absolute Gasteiger partial charge is 0.455 e. The fourth-order valence-electron chi connectivity index (χ4n) is 7.07. The van der Waals surface area contributed by atoms with Gasteiger partial charge in [-0.15, -0.1) is 11.3 Å². The molecular formula is C45H27N3OS. The average Bonchev–Trinajstić information content (AvgIpc) is 3.77. The first-order chi connectivity index (χ1) is 24.8. The van der Waals surface area contributed by atoms with E-state index in [9.17, 15) is 0 Å². The van der Waals surface area contributed by atoms with Gasteiger partial charge in [0, 0.05) is 65.0 Å². The highest BCUT2D eigenvalue weighted by Gasteiger charge is 2.21. The van der Waals surface area contributed by atoms with Gasteiger partial charge in [-0.3, -0.25) is 4.98 Å². The summed E-state index contributed by atoms with van der Waals surface area (Å²) in [5.41, 5.74) is 10.5. The van der Waals surface area contributed by atoms with E-state index in [1.807, 2.05) is 66.1 Å². The standard InChI is InChI=1S/C45H27N3OS/c1-2-12-28(13-3-1)45-47-37(30-15-10-14-29(26-30)36-19-8-9-25-46-36)27-38(48-45)33-24-23-32(44-43(33)34-16-4-6-20-39(34)49-44)31-18-11-22-41-42(31)35-17-5-7-21-40(35)50-41/h1-27H. The Morgan fingerprint density at radius 3 is 2.02 bits per heavy atom. The van der Waals surface area contributed by atoms with Gasteiger partial charge in [0.15, 0.2) is 5.82 Å². The summed E-state index contributed by atoms with van der Waals surface area (Å²) in [6.45, 7) is 0. The van der Waals surface area contributed by atoms with Gasteiger partial charge in [-0.2, -0.15) is 0 Å². The monoisotopic (exact) mass is 657 g/mol. The molecule has 10 rings (SSSR count). The van der Waals surface area contributed by atoms with Gasteiger partial charge in [0.1, 0.15) is 11.2 Å². The molecule has 50 heavy (non-hydrogen) atoms. The molecule has 0 fully saturated rings. The topological polar surface area (TPSA) is 51.8 Å². The maximum atomic E-state index is 6.79. The quantitative estimate of drug-likeness (QED) is 0.185. The highest BCUT2D eigenvalue weighted by molar-refractivity contribution is 7.25. The van der Waals surface area contributed by atoms with Crippen molar-refractivity contribution in [3.8, 4) is 56.3 Å². The lowest BCUT2D eigenvalue weighted by Crippen LogP contribution is -1.97. The van der Waals surface area contributed by atoms with Crippen LogP contribution in [0.2, 0.25) is 0 Å². The number of fused-ring (bicyclic) bond motifs is 6. The van der Waals surface area contributed by atoms with Gasteiger partial charge in [-0.05, 0) is 54.1 Å². The Morgan fingerprint density at radius 2 is 1.14 bits per heavy atom. The van der Waals surface area contributed by atoms with E-state index in [1.165, 1.54) is 20.2 Å². The second-order valence-electron chi connectivity index (χ2n) is 12.4. The molecule has 4 heterocycles. The Morgan fingerprint density at radius 1 is 0.440 bits per heavy atom. The van der Waals surface area contributed by atoms with E-state index in [1.54, 1.807) is 0 Å². The van der Waals surface area contributed by atoms with Crippen molar-refractivity contribution in [1.82, 2.24) is 15.0 Å². The average molecular weight is 658 g/mol. The van der Waals surface area contributed by atoms with Crippen molar-refractivity contribution >= 4 is 53.4 Å². The van der Waals surface area contributed by atoms with E-state index < -0.39 is 0 Å². The van der Waals surface area contributed by atoms with E-state index in [-0.39, 0.29) is 0 Å². The zero-order chi connectivity index (χ0) is 33.0. The highest BCUT2D eigenvalue weighted by Crippen LogP contribution is 2.46. The first-order valence-electron chi connectivity index (χ1n) is 16.6. The number of furan rings is 1. The van der Waals surface area contributed by atoms with Crippen LogP contribution in [0.3, 0.4) is 0 Å². The molecule has 10 aromatic rings. The van der Waals surface area contributed by atoms with Gasteiger partial charge in [0.05, 0.1) is 17.1 Å². The Kier molecular flexibility index (Phi) is 6.64. The second-order valence-corrected chi connectivity index (χ2v) is 13.4. The molecule has 0 N–H and O–H groups in total. The number of pyridine rings is 1. The fourth-order valence-corrected chi connectivity index (χ4v) is 8.21. The van der Waals surface area contributed by atoms with Crippen molar-refractivity contribution in [2.45, 2.75) is 0 Å². The first-order valence-corrected chi connectivity index (χ1v) is 17.4. The summed E-state index contributed by atoms with van der Waals surface area (Å²) in [5.74, 6) is 0.667. The third-order valence-electron chi connectivity index (χ3n) is 9.37. The number of hydrogen-bond donors (Lipinski definition) is 0. The van der Waals surface area contributed by atoms with E-state index in [2.05, 4.69) is 114 Å². The molecule has 4 nitrogen and oxygen atoms in total. The molecule has 0 unspecified atom stereocenters. The molecule has 5 heteroatoms. The lowest BCUT2D eigenvalue weighted by molar-refractivity contribution is 0.670. The van der Waals surface area contributed by atoms with E-state index in [0.717, 1.165) is 72.4 Å². The van der Waals surface area contributed by atoms with Gasteiger partial charge >= 0.3 is 0 Å². The van der Waals surface area contributed by atoms with Gasteiger partial charge < -0.3 is 4.42 Å². The normalized spacial score (nSPS) is 11.6. The second kappa shape index (κ2) is 11.6. The predicted octanol–water partition coefficient (Wildman–Crippen LogP) is 12.5. The lowest BCUT2D eigenvalue weighted by atomic mass is 9.94. The van der Waals surface area contributed by atoms with Gasteiger partial charge in [-0.25, -0.2) is 9.97 Å². The van der Waals surface area contributed by atoms with E-state index in [4.69, 9.17) is 14.4 Å². The molecule has 4 aromatic heterocycles. The Hall–Kier alpha value is -6.43. The van der Waals surface area contributed by atoms with Gasteiger partial charge in [0.2, 0.25) is 0 Å². The minimum Gasteiger partial charge on any atom is -0.455 e. The van der Waals surface area contributed by atoms with Crippen molar-refractivity contribution < 1.29 is 4.42 Å². The minimum atomic E-state index is 0.667. The molecule has 0 aliphatic carbocycles. The number of aromatic nitrogens is 3. The lowest BCUT2D eigenvalue weighted by Gasteiger charge is -2.13. The van der Waals surface area contributed by atoms with Crippen molar-refractivity contribution in [2.24, 2.45) is 0 Å². The molecule has 0 amide bonds. The van der Waals surface area contributed by atoms with Crippen LogP contribution in [-0.4, -0.2) is 15.0 Å². The molecule has 0 saturated heterocycles. The summed E-state index contributed by atoms with van der Waals surface area (Å²) in [5, 5.41) is 4.62. The number of hydrogen-bond acceptors (Lipinski definition) is 5. The van der Waals surface area contributed by atoms with Crippen LogP contribution >= 0.6 is 11.3 Å². The Bertz CT molecular complexity index is 2870. The summed E-state index contributed by atoms with van der Waals surface area (Å²) in [7, 11) is 0. The molecule has 6 aromatic carbocycles. The SMILES string of the molecule is c1ccc(-c2nc(-c3cccc(-c4ccccn4)c3)cc(-c3ccc(-c4cccc5sc6ccccc6c45)c4oc5ccccc5c34)n2)cc1. The fraction of sp³-hybridized carbons (Fsp3) is 0. The summed E-state index contributed by atoms with van der Waals surface area (Å²) in [6.07, 6.45) is 1.82. The summed E-state index contributed by atoms with van der Waals surface area (Å²) in [6, 6.07) is 54.6. The van der Waals surface area contributed by atoms with Crippen LogP contribution in [0.15, 0.2) is 168 Å². The van der Waals surface area contributed by atoms with Crippen LogP contribution < -0.4 is 0 Å². The third-order valence-corrected chi connectivity index (χ3v) is 10.5. The maximum absolute atomic E-state index is 6.79. The number of thiophene rings is 1. The van der Waals surface area contributed by atoms with Crippen LogP contribution in [0.4, 0.5) is 0 Å². The molecule has 234 valence electrons. The van der Waals surface area contributed by atoms with Crippen LogP contribution in [0.1, 0.15) is 0 Å². The Labute approximate surface area is 292 Å². The summed E-state index contributed by atoms with van der Waals surface area (Å²) < 4.78 is 9.33. The van der Waals surface area contributed by atoms with E-state index >= 15 is 0 Å². The molecule has 0 saturated carbocycles. The minimum absolute atomic E-state index is 0.667. The van der Waals surface area contributed by atoms with E-state index in [0.29, 0.717) is 5.82 Å². The van der Waals surface area contributed by atoms with Crippen molar-refractivity contribution in [3.63, 3.8) is 0 Å². The van der Waals surface area contributed by atoms with Crippen molar-refractivity contribution in [3.05, 3.63) is 164 Å². The molecular weight excluding hydrogens is 631 g/mol. The Balaban J connectivity index is 1.23. The number of para-hydroxylation sites is 1. The van der Waals surface area contributed by atoms with Crippen LogP contribution in [0.5, 0.6) is 0 Å². The highest BCUT2D eigenvalue weighted by atomic mass is 32.1. The summed E-state index contributed by atoms with van der Waals surface area (Å²) in [4.78, 5) is 15.0. The van der Waals surface area contributed by atoms with Crippen LogP contribution in [0.25, 0.3) is 98.4 Å². The zero-order valence-electron chi connectivity index (χ0n) is 26.7. The molecule has 0 radical (unpaired) electrons. The van der Waals surface area contributed by atoms with Crippen LogP contribution in [-0.2, 0) is 0 Å². The third kappa shape index (κ3) is 4.71.